The zero-order chi connectivity index (χ0) is 14.9. The lowest BCUT2D eigenvalue weighted by molar-refractivity contribution is -0.0601. The van der Waals surface area contributed by atoms with Crippen LogP contribution in [0.5, 0.6) is 0 Å². The summed E-state index contributed by atoms with van der Waals surface area (Å²) in [5.41, 5.74) is 1.26. The first-order valence-electron chi connectivity index (χ1n) is 6.95. The van der Waals surface area contributed by atoms with Crippen LogP contribution in [0.25, 0.3) is 10.9 Å². The molecule has 0 saturated heterocycles. The van der Waals surface area contributed by atoms with Gasteiger partial charge in [-0.05, 0) is 43.5 Å². The lowest BCUT2D eigenvalue weighted by Gasteiger charge is -2.40. The van der Waals surface area contributed by atoms with Crippen LogP contribution in [0, 0.1) is 11.3 Å². The van der Waals surface area contributed by atoms with Gasteiger partial charge in [-0.3, -0.25) is 0 Å². The Morgan fingerprint density at radius 2 is 2.24 bits per heavy atom. The van der Waals surface area contributed by atoms with Crippen molar-refractivity contribution < 1.29 is 4.74 Å². The van der Waals surface area contributed by atoms with E-state index in [0.29, 0.717) is 22.9 Å². The van der Waals surface area contributed by atoms with E-state index in [-0.39, 0.29) is 5.60 Å². The van der Waals surface area contributed by atoms with E-state index in [1.54, 1.807) is 25.3 Å². The number of halogens is 1. The van der Waals surface area contributed by atoms with E-state index in [1.165, 1.54) is 6.42 Å². The van der Waals surface area contributed by atoms with Gasteiger partial charge >= 0.3 is 0 Å². The molecule has 1 fully saturated rings. The molecule has 0 bridgehead atoms. The highest BCUT2D eigenvalue weighted by atomic mass is 35.5. The van der Waals surface area contributed by atoms with Gasteiger partial charge in [0.25, 0.3) is 0 Å². The second kappa shape index (κ2) is 5.51. The van der Waals surface area contributed by atoms with Crippen LogP contribution in [-0.2, 0) is 4.74 Å². The largest absolute Gasteiger partial charge is 0.376 e. The van der Waals surface area contributed by atoms with Crippen molar-refractivity contribution in [3.05, 3.63) is 34.9 Å². The van der Waals surface area contributed by atoms with E-state index in [9.17, 15) is 5.26 Å². The van der Waals surface area contributed by atoms with E-state index < -0.39 is 0 Å². The fourth-order valence-corrected chi connectivity index (χ4v) is 2.83. The van der Waals surface area contributed by atoms with Gasteiger partial charge in [0.05, 0.1) is 22.8 Å². The Morgan fingerprint density at radius 1 is 1.43 bits per heavy atom. The van der Waals surface area contributed by atoms with Crippen LogP contribution in [0.1, 0.15) is 24.8 Å². The van der Waals surface area contributed by atoms with Crippen molar-refractivity contribution in [1.29, 1.82) is 5.26 Å². The Hall–Kier alpha value is -1.83. The molecule has 0 atom stereocenters. The van der Waals surface area contributed by atoms with Crippen molar-refractivity contribution in [2.75, 3.05) is 19.0 Å². The highest BCUT2D eigenvalue weighted by molar-refractivity contribution is 6.31. The van der Waals surface area contributed by atoms with Gasteiger partial charge in [0.1, 0.15) is 5.82 Å². The van der Waals surface area contributed by atoms with Gasteiger partial charge in [0.15, 0.2) is 0 Å². The van der Waals surface area contributed by atoms with Crippen LogP contribution in [0.4, 0.5) is 5.82 Å². The molecule has 1 aliphatic rings. The average Bonchev–Trinajstić information content (AvgIpc) is 2.46. The summed E-state index contributed by atoms with van der Waals surface area (Å²) in [5, 5.41) is 14.0. The van der Waals surface area contributed by atoms with Gasteiger partial charge in [-0.25, -0.2) is 4.98 Å². The van der Waals surface area contributed by atoms with Crippen LogP contribution in [0.3, 0.4) is 0 Å². The molecule has 1 aliphatic carbocycles. The minimum Gasteiger partial charge on any atom is -0.376 e. The number of nitriles is 1. The maximum Gasteiger partial charge on any atom is 0.128 e. The lowest BCUT2D eigenvalue weighted by atomic mass is 9.80. The van der Waals surface area contributed by atoms with E-state index in [4.69, 9.17) is 16.3 Å². The van der Waals surface area contributed by atoms with Crippen molar-refractivity contribution in [2.24, 2.45) is 0 Å². The van der Waals surface area contributed by atoms with Crippen molar-refractivity contribution in [2.45, 2.75) is 24.9 Å². The highest BCUT2D eigenvalue weighted by Gasteiger charge is 2.36. The summed E-state index contributed by atoms with van der Waals surface area (Å²) in [6, 6.07) is 9.36. The summed E-state index contributed by atoms with van der Waals surface area (Å²) in [6.07, 6.45) is 3.32. The normalized spacial score (nSPS) is 16.2. The Morgan fingerprint density at radius 3 is 2.86 bits per heavy atom. The van der Waals surface area contributed by atoms with E-state index in [1.807, 2.05) is 6.07 Å². The number of ether oxygens (including phenoxy) is 1. The number of rotatable bonds is 4. The first-order valence-corrected chi connectivity index (χ1v) is 7.33. The summed E-state index contributed by atoms with van der Waals surface area (Å²) in [5.74, 6) is 0.699. The Bertz CT molecular complexity index is 714. The predicted molar refractivity (Wildman–Crippen MR) is 83.5 cm³/mol. The van der Waals surface area contributed by atoms with Gasteiger partial charge in [-0.15, -0.1) is 0 Å². The molecule has 21 heavy (non-hydrogen) atoms. The topological polar surface area (TPSA) is 57.9 Å². The van der Waals surface area contributed by atoms with Crippen LogP contribution in [0.15, 0.2) is 24.3 Å². The first kappa shape index (κ1) is 14.1. The molecule has 4 nitrogen and oxygen atoms in total. The second-order valence-corrected chi connectivity index (χ2v) is 5.86. The molecular formula is C16H16ClN3O. The zero-order valence-electron chi connectivity index (χ0n) is 11.8. The van der Waals surface area contributed by atoms with Gasteiger partial charge in [0.2, 0.25) is 0 Å². The minimum atomic E-state index is -0.0799. The summed E-state index contributed by atoms with van der Waals surface area (Å²) in [6.45, 7) is 0.709. The van der Waals surface area contributed by atoms with Crippen molar-refractivity contribution in [1.82, 2.24) is 4.98 Å². The molecule has 5 heteroatoms. The summed E-state index contributed by atoms with van der Waals surface area (Å²) >= 11 is 5.98. The molecule has 1 aromatic carbocycles. The number of fused-ring (bicyclic) bond motifs is 1. The SMILES string of the molecule is COC1(CNc2cc(C#N)c3cc(Cl)ccc3n2)CCC1. The van der Waals surface area contributed by atoms with Crippen molar-refractivity contribution in [3.8, 4) is 6.07 Å². The molecule has 0 amide bonds. The highest BCUT2D eigenvalue weighted by Crippen LogP contribution is 2.35. The molecule has 0 unspecified atom stereocenters. The van der Waals surface area contributed by atoms with Gasteiger partial charge in [-0.2, -0.15) is 5.26 Å². The van der Waals surface area contributed by atoms with E-state index >= 15 is 0 Å². The number of nitrogens with zero attached hydrogens (tertiary/aromatic N) is 2. The molecule has 1 heterocycles. The van der Waals surface area contributed by atoms with Gasteiger partial charge in [0, 0.05) is 24.1 Å². The number of anilines is 1. The number of aromatic nitrogens is 1. The molecule has 1 saturated carbocycles. The molecule has 108 valence electrons. The molecule has 2 aromatic rings. The summed E-state index contributed by atoms with van der Waals surface area (Å²) in [4.78, 5) is 4.54. The second-order valence-electron chi connectivity index (χ2n) is 5.42. The van der Waals surface area contributed by atoms with Crippen LogP contribution >= 0.6 is 11.6 Å². The third kappa shape index (κ3) is 2.67. The predicted octanol–water partition coefficient (Wildman–Crippen LogP) is 3.74. The van der Waals surface area contributed by atoms with Crippen LogP contribution < -0.4 is 5.32 Å². The minimum absolute atomic E-state index is 0.0799. The number of benzene rings is 1. The lowest BCUT2D eigenvalue weighted by Crippen LogP contribution is -2.45. The molecule has 3 rings (SSSR count). The van der Waals surface area contributed by atoms with Crippen molar-refractivity contribution in [3.63, 3.8) is 0 Å². The third-order valence-corrected chi connectivity index (χ3v) is 4.42. The molecule has 1 aromatic heterocycles. The molecule has 1 N–H and O–H groups in total. The third-order valence-electron chi connectivity index (χ3n) is 4.18. The number of hydrogen-bond acceptors (Lipinski definition) is 4. The first-order chi connectivity index (χ1) is 10.2. The Kier molecular flexibility index (Phi) is 3.71. The van der Waals surface area contributed by atoms with E-state index in [2.05, 4.69) is 16.4 Å². The fourth-order valence-electron chi connectivity index (χ4n) is 2.66. The van der Waals surface area contributed by atoms with Crippen LogP contribution in [0.2, 0.25) is 5.02 Å². The smallest absolute Gasteiger partial charge is 0.128 e. The standard InChI is InChI=1S/C16H16ClN3O/c1-21-16(5-2-6-16)10-19-15-7-11(9-18)13-8-12(17)3-4-14(13)20-15/h3-4,7-8H,2,5-6,10H2,1H3,(H,19,20). The summed E-state index contributed by atoms with van der Waals surface area (Å²) < 4.78 is 5.58. The Labute approximate surface area is 128 Å². The maximum atomic E-state index is 9.31. The quantitative estimate of drug-likeness (QED) is 0.934. The monoisotopic (exact) mass is 301 g/mol. The molecule has 0 radical (unpaired) electrons. The number of methoxy groups -OCH3 is 1. The van der Waals surface area contributed by atoms with Crippen LogP contribution in [-0.4, -0.2) is 24.2 Å². The molecule has 0 spiro atoms. The zero-order valence-corrected chi connectivity index (χ0v) is 12.6. The van der Waals surface area contributed by atoms with Gasteiger partial charge in [-0.1, -0.05) is 11.6 Å². The average molecular weight is 302 g/mol. The van der Waals surface area contributed by atoms with E-state index in [0.717, 1.165) is 23.7 Å². The number of pyridine rings is 1. The molecule has 0 aliphatic heterocycles. The summed E-state index contributed by atoms with van der Waals surface area (Å²) in [7, 11) is 1.75. The number of nitrogens with one attached hydrogen (secondary N) is 1. The maximum absolute atomic E-state index is 9.31. The Balaban J connectivity index is 1.89. The molecular weight excluding hydrogens is 286 g/mol. The number of hydrogen-bond donors (Lipinski definition) is 1. The fraction of sp³-hybridized carbons (Fsp3) is 0.375. The van der Waals surface area contributed by atoms with Gasteiger partial charge < -0.3 is 10.1 Å². The van der Waals surface area contributed by atoms with Crippen molar-refractivity contribution >= 4 is 28.3 Å².